The number of aliphatic imine (C=N–C) groups is 1. The van der Waals surface area contributed by atoms with Gasteiger partial charge in [0.1, 0.15) is 17.3 Å². The Kier molecular flexibility index (Phi) is 8.70. The highest BCUT2D eigenvalue weighted by molar-refractivity contribution is 6.37. The van der Waals surface area contributed by atoms with Crippen molar-refractivity contribution in [2.24, 2.45) is 16.8 Å². The summed E-state index contributed by atoms with van der Waals surface area (Å²) in [6.45, 7) is 10.2. The van der Waals surface area contributed by atoms with Crippen molar-refractivity contribution < 1.29 is 23.1 Å². The highest BCUT2D eigenvalue weighted by atomic mass is 35.5. The topological polar surface area (TPSA) is 115 Å². The number of halogens is 5. The minimum absolute atomic E-state index is 0.0572. The molecule has 1 amide bonds. The molecule has 2 aromatic heterocycles. The number of anilines is 1. The van der Waals surface area contributed by atoms with Crippen molar-refractivity contribution in [2.75, 3.05) is 31.1 Å². The minimum atomic E-state index is -1.99. The van der Waals surface area contributed by atoms with Crippen LogP contribution in [0.3, 0.4) is 0 Å². The van der Waals surface area contributed by atoms with Crippen molar-refractivity contribution in [3.8, 4) is 23.1 Å². The van der Waals surface area contributed by atoms with E-state index in [2.05, 4.69) is 16.6 Å². The molecule has 1 saturated heterocycles. The molecule has 0 saturated carbocycles. The second-order valence-corrected chi connectivity index (χ2v) is 11.8. The van der Waals surface area contributed by atoms with E-state index in [1.54, 1.807) is 22.1 Å². The Morgan fingerprint density at radius 2 is 1.84 bits per heavy atom. The van der Waals surface area contributed by atoms with Gasteiger partial charge in [-0.1, -0.05) is 56.6 Å². The molecule has 2 aliphatic rings. The highest BCUT2D eigenvalue weighted by Gasteiger charge is 2.35. The first-order valence-electron chi connectivity index (χ1n) is 14.0. The number of phenols is 1. The molecule has 9 nitrogen and oxygen atoms in total. The number of aromatic nitrogens is 2. The number of fused-ring (bicyclic) bond motifs is 1. The third kappa shape index (κ3) is 5.23. The Balaban J connectivity index is 1.88. The Morgan fingerprint density at radius 1 is 1.18 bits per heavy atom. The van der Waals surface area contributed by atoms with Crippen LogP contribution in [-0.2, 0) is 4.79 Å². The lowest BCUT2D eigenvalue weighted by Crippen LogP contribution is -2.49. The fourth-order valence-electron chi connectivity index (χ4n) is 5.83. The molecule has 1 aromatic carbocycles. The van der Waals surface area contributed by atoms with E-state index in [0.29, 0.717) is 5.71 Å². The molecule has 0 aliphatic carbocycles. The van der Waals surface area contributed by atoms with Gasteiger partial charge in [0.15, 0.2) is 17.4 Å². The Hall–Kier alpha value is -4.34. The summed E-state index contributed by atoms with van der Waals surface area (Å²) in [5.41, 5.74) is -1.46. The molecular formula is C31H27Cl2F3N6O3. The van der Waals surface area contributed by atoms with E-state index in [1.807, 2.05) is 26.8 Å². The van der Waals surface area contributed by atoms with Gasteiger partial charge in [-0.3, -0.25) is 19.1 Å². The van der Waals surface area contributed by atoms with Crippen LogP contribution < -0.4 is 10.5 Å². The van der Waals surface area contributed by atoms with Crippen molar-refractivity contribution >= 4 is 51.5 Å². The number of aromatic hydroxyl groups is 1. The molecule has 2 atom stereocenters. The highest BCUT2D eigenvalue weighted by Crippen LogP contribution is 2.44. The molecule has 2 aliphatic heterocycles. The normalized spacial score (nSPS) is 18.4. The molecule has 14 heteroatoms. The lowest BCUT2D eigenvalue weighted by atomic mass is 9.88. The second-order valence-electron chi connectivity index (χ2n) is 11.1. The molecule has 1 fully saturated rings. The van der Waals surface area contributed by atoms with Crippen LogP contribution in [0, 0.1) is 40.6 Å². The summed E-state index contributed by atoms with van der Waals surface area (Å²) in [6.07, 6.45) is 4.61. The van der Waals surface area contributed by atoms with Crippen molar-refractivity contribution in [1.29, 1.82) is 5.26 Å². The molecule has 0 unspecified atom stereocenters. The molecule has 3 aromatic rings. The number of hydrogen-bond donors (Lipinski definition) is 1. The summed E-state index contributed by atoms with van der Waals surface area (Å²) < 4.78 is 45.2. The number of rotatable bonds is 5. The number of allylic oxidation sites excluding steroid dienone is 1. The van der Waals surface area contributed by atoms with Crippen LogP contribution in [-0.4, -0.2) is 57.4 Å². The summed E-state index contributed by atoms with van der Waals surface area (Å²) in [6, 6.07) is 2.64. The number of nitrogens with zero attached hydrogens (tertiary/aromatic N) is 6. The average Bonchev–Trinajstić information content (AvgIpc) is 3.02. The van der Waals surface area contributed by atoms with Gasteiger partial charge in [-0.25, -0.2) is 13.8 Å². The zero-order chi connectivity index (χ0) is 32.9. The quantitative estimate of drug-likeness (QED) is 0.204. The molecule has 0 bridgehead atoms. The summed E-state index contributed by atoms with van der Waals surface area (Å²) in [7, 11) is 0. The molecular weight excluding hydrogens is 632 g/mol. The lowest BCUT2D eigenvalue weighted by molar-refractivity contribution is -0.126. The van der Waals surface area contributed by atoms with Crippen LogP contribution >= 0.6 is 23.2 Å². The molecule has 1 N–H and O–H groups in total. The molecule has 4 heterocycles. The van der Waals surface area contributed by atoms with Crippen LogP contribution in [0.15, 0.2) is 40.8 Å². The summed E-state index contributed by atoms with van der Waals surface area (Å²) in [4.78, 5) is 39.0. The van der Waals surface area contributed by atoms with Gasteiger partial charge in [-0.05, 0) is 18.1 Å². The first kappa shape index (κ1) is 32.1. The number of carbonyl (C=O) groups excluding carboxylic acids is 1. The van der Waals surface area contributed by atoms with Crippen molar-refractivity contribution in [1.82, 2.24) is 14.5 Å². The van der Waals surface area contributed by atoms with Gasteiger partial charge >= 0.3 is 0 Å². The Bertz CT molecular complexity index is 1900. The Labute approximate surface area is 266 Å². The number of benzene rings is 1. The molecule has 0 radical (unpaired) electrons. The van der Waals surface area contributed by atoms with E-state index in [-0.39, 0.29) is 71.2 Å². The van der Waals surface area contributed by atoms with Crippen molar-refractivity contribution in [3.63, 3.8) is 0 Å². The maximum absolute atomic E-state index is 15.3. The van der Waals surface area contributed by atoms with Crippen LogP contribution in [0.2, 0.25) is 10.0 Å². The number of hydrogen-bond acceptors (Lipinski definition) is 7. The van der Waals surface area contributed by atoms with Crippen molar-refractivity contribution in [3.05, 3.63) is 74.4 Å². The number of piperazine rings is 1. The van der Waals surface area contributed by atoms with Crippen LogP contribution in [0.1, 0.15) is 32.4 Å². The van der Waals surface area contributed by atoms with Gasteiger partial charge < -0.3 is 14.9 Å². The fourth-order valence-corrected chi connectivity index (χ4v) is 6.34. The van der Waals surface area contributed by atoms with Gasteiger partial charge in [-0.15, -0.1) is 0 Å². The lowest BCUT2D eigenvalue weighted by Gasteiger charge is -2.37. The van der Waals surface area contributed by atoms with Gasteiger partial charge in [0.05, 0.1) is 33.0 Å². The smallest absolute Gasteiger partial charge is 0.272 e. The number of nitriles is 1. The van der Waals surface area contributed by atoms with Gasteiger partial charge in [0.2, 0.25) is 11.7 Å². The second kappa shape index (κ2) is 12.2. The van der Waals surface area contributed by atoms with Crippen LogP contribution in [0.25, 0.3) is 22.3 Å². The van der Waals surface area contributed by atoms with Crippen LogP contribution in [0.5, 0.6) is 5.75 Å². The predicted octanol–water partition coefficient (Wildman–Crippen LogP) is 6.00. The molecule has 0 spiro atoms. The van der Waals surface area contributed by atoms with E-state index in [4.69, 9.17) is 23.2 Å². The number of pyridine rings is 2. The van der Waals surface area contributed by atoms with Crippen molar-refractivity contribution in [2.45, 2.75) is 26.8 Å². The summed E-state index contributed by atoms with van der Waals surface area (Å²) in [5, 5.41) is 19.6. The molecule has 5 rings (SSSR count). The number of amides is 1. The van der Waals surface area contributed by atoms with Gasteiger partial charge in [0.25, 0.3) is 5.56 Å². The average molecular weight is 659 g/mol. The predicted molar refractivity (Wildman–Crippen MR) is 166 cm³/mol. The van der Waals surface area contributed by atoms with E-state index in [1.165, 1.54) is 16.7 Å². The Morgan fingerprint density at radius 3 is 2.44 bits per heavy atom. The van der Waals surface area contributed by atoms with E-state index in [9.17, 15) is 28.7 Å². The molecule has 45 heavy (non-hydrogen) atoms. The summed E-state index contributed by atoms with van der Waals surface area (Å²) in [5.74, 6) is -7.69. The zero-order valence-electron chi connectivity index (χ0n) is 24.4. The summed E-state index contributed by atoms with van der Waals surface area (Å²) >= 11 is 12.7. The maximum atomic E-state index is 15.3. The van der Waals surface area contributed by atoms with E-state index in [0.717, 1.165) is 0 Å². The van der Waals surface area contributed by atoms with Gasteiger partial charge in [-0.2, -0.15) is 9.65 Å². The van der Waals surface area contributed by atoms with Gasteiger partial charge in [0, 0.05) is 49.4 Å². The van der Waals surface area contributed by atoms with Crippen LogP contribution in [0.4, 0.5) is 18.9 Å². The molecule has 234 valence electrons. The largest absolute Gasteiger partial charge is 0.504 e. The number of carbonyl (C=O) groups is 1. The first-order valence-corrected chi connectivity index (χ1v) is 14.7. The van der Waals surface area contributed by atoms with E-state index >= 15 is 4.39 Å². The first-order chi connectivity index (χ1) is 21.3. The number of phenolic OH excluding ortho intramolecular Hbond substituents is 1. The standard InChI is InChI=1S/C31H27Cl2F3N6O3/c1-5-19(43)40-8-10-41(11-9-40)28-16-12-18(32)26(20-21(33)29(44)24(36)23(35)22(20)34)39-30(16)42(31(45)17(28)13-37)27-15(4)6-7-38-25(27)14(2)3/h5-7,12,14-15,27,44H,1,8-11H2,2-4H3/t15-,27-/m1/s1. The van der Waals surface area contributed by atoms with E-state index < -0.39 is 51.1 Å². The zero-order valence-corrected chi connectivity index (χ0v) is 25.9. The third-order valence-electron chi connectivity index (χ3n) is 8.06. The SMILES string of the molecule is C=CC(=O)N1CCN(c2c(C#N)c(=O)n([C@H]3C(C(C)C)=NC=C[C@H]3C)c3nc(-c4c(F)c(F)c(F)c(O)c4Cl)c(Cl)cc23)CC1. The monoisotopic (exact) mass is 658 g/mol. The fraction of sp³-hybridized carbons (Fsp3) is 0.323. The minimum Gasteiger partial charge on any atom is -0.504 e. The third-order valence-corrected chi connectivity index (χ3v) is 8.72. The maximum Gasteiger partial charge on any atom is 0.272 e.